The molecule has 5 fully saturated rings. The Morgan fingerprint density at radius 1 is 0.271 bits per heavy atom. The maximum Gasteiger partial charge on any atom is 0.408 e. The topological polar surface area (TPSA) is 355 Å². The molecule has 13 aromatic carbocycles. The van der Waals surface area contributed by atoms with Gasteiger partial charge in [0.2, 0.25) is 0 Å². The number of alkyl carbamates (subject to hydrolysis) is 3. The molecule has 22 heteroatoms. The predicted molar refractivity (Wildman–Crippen MR) is 577 cm³/mol. The van der Waals surface area contributed by atoms with E-state index in [4.69, 9.17) is 47.6 Å². The largest absolute Gasteiger partial charge is 0.461 e. The van der Waals surface area contributed by atoms with Gasteiger partial charge in [0, 0.05) is 115 Å². The number of rotatable bonds is 36. The van der Waals surface area contributed by atoms with Crippen LogP contribution in [0.15, 0.2) is 364 Å². The zero-order chi connectivity index (χ0) is 96.8. The molecule has 19 rings (SSSR count). The van der Waals surface area contributed by atoms with Crippen LogP contribution in [-0.2, 0) is 116 Å². The highest BCUT2D eigenvalue weighted by Crippen LogP contribution is 2.43. The second-order valence-electron chi connectivity index (χ2n) is 36.7. The quantitative estimate of drug-likeness (QED) is 0.0100. The fourth-order valence-corrected chi connectivity index (χ4v) is 16.9. The van der Waals surface area contributed by atoms with Gasteiger partial charge in [-0.15, -0.1) is 12.4 Å². The normalized spacial score (nSPS) is 18.0. The maximum atomic E-state index is 13.4. The number of carbonyl (C=O) groups excluding carboxylic acids is 8. The van der Waals surface area contributed by atoms with Gasteiger partial charge < -0.3 is 68.6 Å². The van der Waals surface area contributed by atoms with Crippen molar-refractivity contribution < 1.29 is 57.3 Å². The molecule has 13 atom stereocenters. The summed E-state index contributed by atoms with van der Waals surface area (Å²) >= 11 is 0. The van der Waals surface area contributed by atoms with E-state index in [2.05, 4.69) is 57.3 Å². The number of H-pyrrole nitrogens is 1. The average molecular weight is 1960 g/mol. The Morgan fingerprint density at radius 2 is 0.507 bits per heavy atom. The standard InChI is InChI=1S/C29H29N3O3.2C27H28N2O3.C18H19NO2.C17H17NO.4CH4.ClH/c30-25-16-24(25)21-12-10-19(11-13-21)14-28(33)27(15-22-17-31-26-9-5-4-8-23(22)26)32-29(34)35-18-20-6-2-1-3-7-20;2*28-24-17-23(24)22-13-11-20(12-14-22)16-26(30)25(15-19-7-3-1-4-8-19)29-27(31)32-18-21-9-5-2-6-10-21;19-17-11-16(17)15-8-6-13(7-9-15)10-18(20)21-12-14-4-2-1-3-5-14;18-16-11-15(16)13-8-6-12(7-9-13)10-17(19)14-4-2-1-3-5-14;;;;;/h1-13,17,24-25,27,31H,14-16,18,30H2,(H,32,34);2*1-14,23-25H,15-18,28H2,(H,29,31);1-9,16-17H,10-12,19H2;1-9,15-16H,10-11,18H2;4*1H4;1H. The number of aromatic amines is 1. The fraction of sp³-hybridized carbons (Fsp3) is 0.279. The molecule has 1 heterocycles. The third-order valence-corrected chi connectivity index (χ3v) is 25.8. The van der Waals surface area contributed by atoms with E-state index in [1.54, 1.807) is 0 Å². The van der Waals surface area contributed by atoms with Gasteiger partial charge in [-0.1, -0.05) is 382 Å². The first-order chi connectivity index (χ1) is 67.7. The minimum absolute atomic E-state index is 0. The van der Waals surface area contributed by atoms with Crippen LogP contribution in [0.3, 0.4) is 0 Å². The summed E-state index contributed by atoms with van der Waals surface area (Å²) < 4.78 is 21.4. The minimum Gasteiger partial charge on any atom is -0.461 e. The molecule has 0 saturated heterocycles. The lowest BCUT2D eigenvalue weighted by molar-refractivity contribution is -0.144. The zero-order valence-corrected chi connectivity index (χ0v) is 79.2. The molecular weight excluding hydrogens is 1820 g/mol. The highest BCUT2D eigenvalue weighted by atomic mass is 35.5. The predicted octanol–water partition coefficient (Wildman–Crippen LogP) is 21.6. The van der Waals surface area contributed by atoms with E-state index in [0.717, 1.165) is 115 Å². The Kier molecular flexibility index (Phi) is 43.1. The first-order valence-corrected chi connectivity index (χ1v) is 47.8. The fourth-order valence-electron chi connectivity index (χ4n) is 16.9. The van der Waals surface area contributed by atoms with E-state index >= 15 is 0 Å². The van der Waals surface area contributed by atoms with Crippen molar-refractivity contribution in [3.8, 4) is 0 Å². The summed E-state index contributed by atoms with van der Waals surface area (Å²) in [6.45, 7) is 0.785. The Hall–Kier alpha value is -14.6. The van der Waals surface area contributed by atoms with Crippen molar-refractivity contribution in [2.75, 3.05) is 0 Å². The number of amides is 3. The van der Waals surface area contributed by atoms with Crippen LogP contribution in [0.1, 0.15) is 196 Å². The van der Waals surface area contributed by atoms with Crippen molar-refractivity contribution in [3.05, 3.63) is 464 Å². The molecule has 5 aliphatic rings. The number of carbonyl (C=O) groups is 8. The van der Waals surface area contributed by atoms with Crippen LogP contribution < -0.4 is 44.6 Å². The van der Waals surface area contributed by atoms with Gasteiger partial charge >= 0.3 is 24.2 Å². The van der Waals surface area contributed by atoms with E-state index in [-0.39, 0.29) is 128 Å². The first-order valence-electron chi connectivity index (χ1n) is 47.8. The molecule has 14 N–H and O–H groups in total. The van der Waals surface area contributed by atoms with Gasteiger partial charge in [0.05, 0.1) is 24.5 Å². The maximum absolute atomic E-state index is 13.4. The van der Waals surface area contributed by atoms with Crippen LogP contribution in [0.4, 0.5) is 14.4 Å². The highest BCUT2D eigenvalue weighted by Gasteiger charge is 2.39. The zero-order valence-electron chi connectivity index (χ0n) is 78.4. The van der Waals surface area contributed by atoms with Gasteiger partial charge in [-0.3, -0.25) is 24.0 Å². The summed E-state index contributed by atoms with van der Waals surface area (Å²) in [5, 5.41) is 9.40. The van der Waals surface area contributed by atoms with E-state index < -0.39 is 36.4 Å². The highest BCUT2D eigenvalue weighted by molar-refractivity contribution is 5.97. The number of para-hydroxylation sites is 1. The summed E-state index contributed by atoms with van der Waals surface area (Å²) in [5.41, 5.74) is 48.9. The van der Waals surface area contributed by atoms with E-state index in [9.17, 15) is 38.4 Å². The number of nitrogens with two attached hydrogens (primary N) is 5. The SMILES string of the molecule is C.C.C.C.Cl.NC1CC1c1ccc(CC(=O)C(Cc2c[nH]c3ccccc23)NC(=O)OCc2ccccc2)cc1.NC1CC1c1ccc(CC(=O)C(Cc2ccccc2)NC(=O)OCc2ccccc2)cc1.NC1CC1c1ccc(CC(=O)C(Cc2ccccc2)NC(=O)OCc2ccccc2)cc1.NC1CC1c1ccc(CC(=O)OCc2ccccc2)cc1.NC1CC1c1ccc(CC(=O)c2ccccc2)cc1. The van der Waals surface area contributed by atoms with Crippen LogP contribution in [0, 0.1) is 0 Å². The second-order valence-corrected chi connectivity index (χ2v) is 36.7. The lowest BCUT2D eigenvalue weighted by Crippen LogP contribution is -2.43. The van der Waals surface area contributed by atoms with Crippen LogP contribution in [-0.4, -0.2) is 101 Å². The molecule has 144 heavy (non-hydrogen) atoms. The molecular formula is C122H138ClN9O12. The average Bonchev–Trinajstić information content (AvgIpc) is 1.67. The molecule has 1 aromatic heterocycles. The lowest BCUT2D eigenvalue weighted by Gasteiger charge is -2.18. The van der Waals surface area contributed by atoms with Crippen molar-refractivity contribution in [2.45, 2.75) is 218 Å². The number of benzene rings is 13. The van der Waals surface area contributed by atoms with E-state index in [0.29, 0.717) is 80.4 Å². The molecule has 0 radical (unpaired) electrons. The molecule has 0 aliphatic heterocycles. The number of Topliss-reactive ketones (excluding diaryl/α,β-unsaturated/α-hetero) is 4. The van der Waals surface area contributed by atoms with Gasteiger partial charge in [-0.2, -0.15) is 0 Å². The number of ether oxygens (including phenoxy) is 4. The summed E-state index contributed by atoms with van der Waals surface area (Å²) in [6.07, 6.45) is 7.99. The number of hydrogen-bond acceptors (Lipinski definition) is 17. The van der Waals surface area contributed by atoms with Gasteiger partial charge in [-0.25, -0.2) is 14.4 Å². The first kappa shape index (κ1) is 111. The number of nitrogens with one attached hydrogen (secondary N) is 4. The number of aromatic nitrogens is 1. The summed E-state index contributed by atoms with van der Waals surface area (Å²) in [5.74, 6) is 2.12. The van der Waals surface area contributed by atoms with Gasteiger partial charge in [0.25, 0.3) is 0 Å². The Labute approximate surface area is 854 Å². The number of esters is 1. The van der Waals surface area contributed by atoms with Crippen LogP contribution in [0.5, 0.6) is 0 Å². The third-order valence-electron chi connectivity index (χ3n) is 25.8. The van der Waals surface area contributed by atoms with Crippen molar-refractivity contribution in [3.63, 3.8) is 0 Å². The molecule has 750 valence electrons. The number of halogens is 1. The molecule has 3 amide bonds. The van der Waals surface area contributed by atoms with Crippen LogP contribution in [0.25, 0.3) is 10.9 Å². The molecule has 14 aromatic rings. The van der Waals surface area contributed by atoms with Crippen molar-refractivity contribution >= 4 is 70.7 Å². The summed E-state index contributed by atoms with van der Waals surface area (Å²) in [6, 6.07) is 115. The monoisotopic (exact) mass is 1960 g/mol. The molecule has 5 aliphatic carbocycles. The van der Waals surface area contributed by atoms with E-state index in [1.807, 2.05) is 328 Å². The summed E-state index contributed by atoms with van der Waals surface area (Å²) in [4.78, 5) is 104. The van der Waals surface area contributed by atoms with Crippen molar-refractivity contribution in [1.82, 2.24) is 20.9 Å². The molecule has 13 unspecified atom stereocenters. The number of hydrogen-bond donors (Lipinski definition) is 9. The van der Waals surface area contributed by atoms with E-state index in [1.165, 1.54) is 27.8 Å². The minimum atomic E-state index is -0.714. The Morgan fingerprint density at radius 3 is 0.792 bits per heavy atom. The lowest BCUT2D eigenvalue weighted by atomic mass is 9.96. The smallest absolute Gasteiger partial charge is 0.408 e. The Bertz CT molecular complexity index is 6170. The second kappa shape index (κ2) is 55.8. The van der Waals surface area contributed by atoms with Crippen molar-refractivity contribution in [2.24, 2.45) is 28.7 Å². The van der Waals surface area contributed by atoms with Gasteiger partial charge in [0.15, 0.2) is 23.1 Å². The Balaban J connectivity index is 0.000000186. The van der Waals surface area contributed by atoms with Gasteiger partial charge in [0.1, 0.15) is 26.4 Å². The molecule has 0 spiro atoms. The van der Waals surface area contributed by atoms with Crippen LogP contribution >= 0.6 is 12.4 Å². The third kappa shape index (κ3) is 35.0. The van der Waals surface area contributed by atoms with Crippen molar-refractivity contribution in [1.29, 1.82) is 0 Å². The molecule has 5 saturated carbocycles. The number of fused-ring (bicyclic) bond motifs is 1. The molecule has 0 bridgehead atoms. The van der Waals surface area contributed by atoms with Crippen LogP contribution in [0.2, 0.25) is 0 Å². The molecule has 21 nitrogen and oxygen atoms in total. The van der Waals surface area contributed by atoms with Gasteiger partial charge in [-0.05, 0) is 146 Å². The summed E-state index contributed by atoms with van der Waals surface area (Å²) in [7, 11) is 0. The number of ketones is 4.